The van der Waals surface area contributed by atoms with Crippen LogP contribution in [0.3, 0.4) is 0 Å². The van der Waals surface area contributed by atoms with E-state index in [9.17, 15) is 9.59 Å². The topological polar surface area (TPSA) is 90.2 Å². The molecule has 0 radical (unpaired) electrons. The number of carbonyl (C=O) groups is 2. The van der Waals surface area contributed by atoms with Gasteiger partial charge in [0.05, 0.1) is 6.54 Å². The molecular weight excluding hydrogens is 274 g/mol. The maximum atomic E-state index is 11.9. The fraction of sp³-hybridized carbons (Fsp3) is 0.308. The van der Waals surface area contributed by atoms with E-state index in [1.54, 1.807) is 0 Å². The highest BCUT2D eigenvalue weighted by molar-refractivity contribution is 5.92. The van der Waals surface area contributed by atoms with E-state index >= 15 is 0 Å². The molecule has 0 spiro atoms. The highest BCUT2D eigenvalue weighted by Gasteiger charge is 2.28. The summed E-state index contributed by atoms with van der Waals surface area (Å²) < 4.78 is 4.71. The Balaban J connectivity index is 1.71. The molecule has 2 heterocycles. The molecule has 1 aromatic carbocycles. The van der Waals surface area contributed by atoms with Crippen molar-refractivity contribution in [3.8, 4) is 11.4 Å². The van der Waals surface area contributed by atoms with Crippen LogP contribution in [-0.4, -0.2) is 50.3 Å². The van der Waals surface area contributed by atoms with Gasteiger partial charge < -0.3 is 4.74 Å². The number of tetrazole rings is 1. The number of amides is 2. The van der Waals surface area contributed by atoms with Crippen LogP contribution in [0.2, 0.25) is 0 Å². The highest BCUT2D eigenvalue weighted by atomic mass is 16.6. The molecule has 108 valence electrons. The monoisotopic (exact) mass is 287 g/mol. The van der Waals surface area contributed by atoms with Crippen LogP contribution < -0.4 is 0 Å². The number of hydrogen-bond acceptors (Lipinski definition) is 6. The summed E-state index contributed by atoms with van der Waals surface area (Å²) in [5, 5.41) is 11.9. The summed E-state index contributed by atoms with van der Waals surface area (Å²) in [6.45, 7) is 2.33. The van der Waals surface area contributed by atoms with Crippen molar-refractivity contribution in [1.29, 1.82) is 0 Å². The summed E-state index contributed by atoms with van der Waals surface area (Å²) >= 11 is 0. The van der Waals surface area contributed by atoms with Crippen LogP contribution in [0.1, 0.15) is 5.56 Å². The number of benzene rings is 1. The lowest BCUT2D eigenvalue weighted by Gasteiger charge is -2.08. The second-order valence-corrected chi connectivity index (χ2v) is 4.67. The normalized spacial score (nSPS) is 14.3. The van der Waals surface area contributed by atoms with Gasteiger partial charge >= 0.3 is 6.09 Å². The first-order chi connectivity index (χ1) is 10.1. The summed E-state index contributed by atoms with van der Waals surface area (Å²) in [5.41, 5.74) is 1.95. The van der Waals surface area contributed by atoms with Gasteiger partial charge in [0.25, 0.3) is 5.91 Å². The Hall–Kier alpha value is -2.77. The standard InChI is InChI=1S/C13H13N5O3/c1-9-2-4-10(5-3-9)12-14-16-18(15-12)8-11(19)17-6-7-21-13(17)20/h2-5H,6-8H2,1H3. The van der Waals surface area contributed by atoms with Crippen molar-refractivity contribution >= 4 is 12.0 Å². The predicted molar refractivity (Wildman–Crippen MR) is 71.1 cm³/mol. The van der Waals surface area contributed by atoms with E-state index < -0.39 is 12.0 Å². The van der Waals surface area contributed by atoms with Gasteiger partial charge in [-0.3, -0.25) is 4.79 Å². The fourth-order valence-corrected chi connectivity index (χ4v) is 1.95. The molecule has 3 rings (SSSR count). The molecule has 2 amide bonds. The highest BCUT2D eigenvalue weighted by Crippen LogP contribution is 2.14. The van der Waals surface area contributed by atoms with Crippen LogP contribution in [0.5, 0.6) is 0 Å². The smallest absolute Gasteiger partial charge is 0.416 e. The van der Waals surface area contributed by atoms with Gasteiger partial charge in [0, 0.05) is 5.56 Å². The lowest BCUT2D eigenvalue weighted by atomic mass is 10.1. The van der Waals surface area contributed by atoms with Crippen molar-refractivity contribution in [2.45, 2.75) is 13.5 Å². The second-order valence-electron chi connectivity index (χ2n) is 4.67. The quantitative estimate of drug-likeness (QED) is 0.822. The van der Waals surface area contributed by atoms with Crippen molar-refractivity contribution in [1.82, 2.24) is 25.1 Å². The molecule has 0 bridgehead atoms. The van der Waals surface area contributed by atoms with Gasteiger partial charge in [0.1, 0.15) is 13.2 Å². The molecule has 1 fully saturated rings. The Bertz CT molecular complexity index is 679. The molecule has 1 saturated heterocycles. The van der Waals surface area contributed by atoms with E-state index in [0.717, 1.165) is 16.0 Å². The number of aromatic nitrogens is 4. The van der Waals surface area contributed by atoms with Crippen LogP contribution in [0, 0.1) is 6.92 Å². The molecule has 0 saturated carbocycles. The number of imide groups is 1. The molecule has 1 aliphatic heterocycles. The molecule has 1 aromatic heterocycles. The van der Waals surface area contributed by atoms with Gasteiger partial charge in [-0.1, -0.05) is 29.8 Å². The van der Waals surface area contributed by atoms with Crippen molar-refractivity contribution in [3.05, 3.63) is 29.8 Å². The van der Waals surface area contributed by atoms with Crippen LogP contribution in [-0.2, 0) is 16.1 Å². The van der Waals surface area contributed by atoms with Crippen molar-refractivity contribution in [3.63, 3.8) is 0 Å². The summed E-state index contributed by atoms with van der Waals surface area (Å²) in [7, 11) is 0. The minimum atomic E-state index is -0.626. The number of cyclic esters (lactones) is 1. The van der Waals surface area contributed by atoms with Gasteiger partial charge in [-0.05, 0) is 12.1 Å². The number of aryl methyl sites for hydroxylation is 1. The third-order valence-electron chi connectivity index (χ3n) is 3.10. The summed E-state index contributed by atoms with van der Waals surface area (Å²) in [6.07, 6.45) is -0.626. The maximum Gasteiger partial charge on any atom is 0.416 e. The predicted octanol–water partition coefficient (Wildman–Crippen LogP) is 0.627. The zero-order valence-corrected chi connectivity index (χ0v) is 11.4. The number of carbonyl (C=O) groups excluding carboxylic acids is 2. The lowest BCUT2D eigenvalue weighted by molar-refractivity contribution is -0.128. The van der Waals surface area contributed by atoms with Gasteiger partial charge in [0.15, 0.2) is 0 Å². The molecule has 0 aliphatic carbocycles. The molecule has 21 heavy (non-hydrogen) atoms. The molecule has 0 unspecified atom stereocenters. The van der Waals surface area contributed by atoms with Gasteiger partial charge in [-0.25, -0.2) is 9.69 Å². The lowest BCUT2D eigenvalue weighted by Crippen LogP contribution is -2.35. The number of ether oxygens (including phenoxy) is 1. The summed E-state index contributed by atoms with van der Waals surface area (Å²) in [6, 6.07) is 7.66. The fourth-order valence-electron chi connectivity index (χ4n) is 1.95. The average Bonchev–Trinajstić information content (AvgIpc) is 3.09. The largest absolute Gasteiger partial charge is 0.447 e. The SMILES string of the molecule is Cc1ccc(-c2nnn(CC(=O)N3CCOC3=O)n2)cc1. The van der Waals surface area contributed by atoms with Crippen LogP contribution in [0.25, 0.3) is 11.4 Å². The first-order valence-corrected chi connectivity index (χ1v) is 6.45. The zero-order chi connectivity index (χ0) is 14.8. The molecule has 0 N–H and O–H groups in total. The Kier molecular flexibility index (Phi) is 3.35. The molecule has 0 atom stereocenters. The maximum absolute atomic E-state index is 11.9. The second kappa shape index (κ2) is 5.31. The zero-order valence-electron chi connectivity index (χ0n) is 11.4. The average molecular weight is 287 g/mol. The number of rotatable bonds is 3. The van der Waals surface area contributed by atoms with Crippen molar-refractivity contribution < 1.29 is 14.3 Å². The van der Waals surface area contributed by atoms with E-state index in [2.05, 4.69) is 15.4 Å². The van der Waals surface area contributed by atoms with Crippen LogP contribution in [0.15, 0.2) is 24.3 Å². The van der Waals surface area contributed by atoms with E-state index in [0.29, 0.717) is 5.82 Å². The number of nitrogens with zero attached hydrogens (tertiary/aromatic N) is 5. The van der Waals surface area contributed by atoms with E-state index in [1.807, 2.05) is 31.2 Å². The van der Waals surface area contributed by atoms with Crippen LogP contribution >= 0.6 is 0 Å². The van der Waals surface area contributed by atoms with E-state index in [-0.39, 0.29) is 19.7 Å². The molecule has 2 aromatic rings. The summed E-state index contributed by atoms with van der Waals surface area (Å²) in [5.74, 6) is 0.0251. The Morgan fingerprint density at radius 1 is 1.33 bits per heavy atom. The first-order valence-electron chi connectivity index (χ1n) is 6.45. The van der Waals surface area contributed by atoms with Gasteiger partial charge in [-0.15, -0.1) is 10.2 Å². The molecule has 8 heteroatoms. The molecule has 8 nitrogen and oxygen atoms in total. The van der Waals surface area contributed by atoms with Crippen molar-refractivity contribution in [2.24, 2.45) is 0 Å². The third-order valence-corrected chi connectivity index (χ3v) is 3.10. The minimum Gasteiger partial charge on any atom is -0.447 e. The first kappa shape index (κ1) is 13.2. The minimum absolute atomic E-state index is 0.145. The van der Waals surface area contributed by atoms with Crippen LogP contribution in [0.4, 0.5) is 4.79 Å². The Labute approximate surface area is 120 Å². The third kappa shape index (κ3) is 2.73. The van der Waals surface area contributed by atoms with Crippen molar-refractivity contribution in [2.75, 3.05) is 13.2 Å². The van der Waals surface area contributed by atoms with E-state index in [4.69, 9.17) is 4.74 Å². The van der Waals surface area contributed by atoms with Gasteiger partial charge in [0.2, 0.25) is 5.82 Å². The number of hydrogen-bond donors (Lipinski definition) is 0. The summed E-state index contributed by atoms with van der Waals surface area (Å²) in [4.78, 5) is 25.4. The Morgan fingerprint density at radius 3 is 2.76 bits per heavy atom. The molecule has 1 aliphatic rings. The molecular formula is C13H13N5O3. The van der Waals surface area contributed by atoms with E-state index in [1.165, 1.54) is 4.80 Å². The Morgan fingerprint density at radius 2 is 2.10 bits per heavy atom. The van der Waals surface area contributed by atoms with Gasteiger partial charge in [-0.2, -0.15) is 4.80 Å².